The first kappa shape index (κ1) is 13.5. The van der Waals surface area contributed by atoms with Crippen LogP contribution in [0.1, 0.15) is 24.4 Å². The fourth-order valence-electron chi connectivity index (χ4n) is 2.21. The van der Waals surface area contributed by atoms with E-state index in [1.807, 2.05) is 35.7 Å². The predicted octanol–water partition coefficient (Wildman–Crippen LogP) is 2.42. The van der Waals surface area contributed by atoms with Crippen molar-refractivity contribution in [3.8, 4) is 5.75 Å². The van der Waals surface area contributed by atoms with Crippen molar-refractivity contribution in [2.24, 2.45) is 0 Å². The van der Waals surface area contributed by atoms with E-state index < -0.39 is 0 Å². The molecule has 0 aliphatic heterocycles. The van der Waals surface area contributed by atoms with E-state index in [-0.39, 0.29) is 17.6 Å². The first-order chi connectivity index (χ1) is 10.1. The number of phenolic OH excluding ortho intramolecular Hbond substituents is 1. The van der Waals surface area contributed by atoms with Crippen LogP contribution in [-0.2, 0) is 6.54 Å². The Hall–Kier alpha value is -2.47. The lowest BCUT2D eigenvalue weighted by atomic mass is 10.2. The summed E-state index contributed by atoms with van der Waals surface area (Å²) in [5.41, 5.74) is 1.28. The lowest BCUT2D eigenvalue weighted by Gasteiger charge is -2.13. The van der Waals surface area contributed by atoms with Crippen molar-refractivity contribution in [3.63, 3.8) is 0 Å². The average Bonchev–Trinajstić information content (AvgIpc) is 2.92. The molecule has 1 aromatic carbocycles. The number of aromatic hydroxyl groups is 1. The number of nitrogens with one attached hydrogen (secondary N) is 1. The third kappa shape index (κ3) is 2.71. The Kier molecular flexibility index (Phi) is 3.53. The second kappa shape index (κ2) is 5.49. The minimum absolute atomic E-state index is 0.0715. The van der Waals surface area contributed by atoms with Crippen LogP contribution in [0.4, 0.5) is 4.39 Å². The molecule has 0 aliphatic carbocycles. The summed E-state index contributed by atoms with van der Waals surface area (Å²) < 4.78 is 15.1. The molecule has 3 aromatic rings. The van der Waals surface area contributed by atoms with E-state index >= 15 is 0 Å². The Morgan fingerprint density at radius 1 is 1.29 bits per heavy atom. The molecule has 21 heavy (non-hydrogen) atoms. The van der Waals surface area contributed by atoms with E-state index in [1.165, 1.54) is 18.2 Å². The molecular formula is C15H15FN4O. The molecule has 108 valence electrons. The maximum absolute atomic E-state index is 13.2. The fraction of sp³-hybridized carbons (Fsp3) is 0.200. The van der Waals surface area contributed by atoms with Gasteiger partial charge in [-0.15, -0.1) is 10.2 Å². The molecule has 1 atom stereocenters. The van der Waals surface area contributed by atoms with Crippen LogP contribution in [0, 0.1) is 5.82 Å². The van der Waals surface area contributed by atoms with Crippen LogP contribution >= 0.6 is 0 Å². The van der Waals surface area contributed by atoms with Crippen LogP contribution in [0.3, 0.4) is 0 Å². The Morgan fingerprint density at radius 2 is 2.14 bits per heavy atom. The molecule has 1 unspecified atom stereocenters. The highest BCUT2D eigenvalue weighted by atomic mass is 19.1. The van der Waals surface area contributed by atoms with Crippen LogP contribution in [-0.4, -0.2) is 19.7 Å². The van der Waals surface area contributed by atoms with E-state index in [0.29, 0.717) is 12.1 Å². The number of rotatable bonds is 4. The molecule has 6 heteroatoms. The quantitative estimate of drug-likeness (QED) is 0.773. The summed E-state index contributed by atoms with van der Waals surface area (Å²) in [6.07, 6.45) is 1.89. The largest absolute Gasteiger partial charge is 0.508 e. The maximum atomic E-state index is 13.2. The summed E-state index contributed by atoms with van der Waals surface area (Å²) in [6, 6.07) is 9.49. The second-order valence-corrected chi connectivity index (χ2v) is 4.86. The minimum atomic E-state index is -0.370. The van der Waals surface area contributed by atoms with Gasteiger partial charge in [-0.05, 0) is 37.3 Å². The number of aromatic nitrogens is 3. The number of pyridine rings is 1. The van der Waals surface area contributed by atoms with Crippen molar-refractivity contribution < 1.29 is 9.50 Å². The molecule has 2 N–H and O–H groups in total. The summed E-state index contributed by atoms with van der Waals surface area (Å²) in [4.78, 5) is 0. The lowest BCUT2D eigenvalue weighted by molar-refractivity contribution is 0.455. The van der Waals surface area contributed by atoms with E-state index in [9.17, 15) is 9.50 Å². The van der Waals surface area contributed by atoms with Crippen LogP contribution in [0.2, 0.25) is 0 Å². The lowest BCUT2D eigenvalue weighted by Crippen LogP contribution is -2.20. The molecule has 2 heterocycles. The summed E-state index contributed by atoms with van der Waals surface area (Å²) in [5.74, 6) is 0.467. The number of hydrogen-bond donors (Lipinski definition) is 2. The summed E-state index contributed by atoms with van der Waals surface area (Å²) in [7, 11) is 0. The topological polar surface area (TPSA) is 62.5 Å². The first-order valence-corrected chi connectivity index (χ1v) is 6.65. The highest BCUT2D eigenvalue weighted by Crippen LogP contribution is 2.19. The third-order valence-corrected chi connectivity index (χ3v) is 3.37. The van der Waals surface area contributed by atoms with Crippen molar-refractivity contribution in [1.29, 1.82) is 0 Å². The van der Waals surface area contributed by atoms with Crippen molar-refractivity contribution in [3.05, 3.63) is 59.8 Å². The van der Waals surface area contributed by atoms with Gasteiger partial charge in [-0.3, -0.25) is 4.40 Å². The van der Waals surface area contributed by atoms with Crippen molar-refractivity contribution in [2.75, 3.05) is 0 Å². The second-order valence-electron chi connectivity index (χ2n) is 4.86. The van der Waals surface area contributed by atoms with Crippen LogP contribution in [0.5, 0.6) is 5.75 Å². The number of hydrogen-bond acceptors (Lipinski definition) is 4. The standard InChI is InChI=1S/C15H15FN4O/c1-10(15-19-18-14-4-2-3-7-20(14)15)17-9-11-8-12(16)5-6-13(11)21/h2-8,10,17,21H,9H2,1H3. The van der Waals surface area contributed by atoms with Crippen LogP contribution in [0.25, 0.3) is 5.65 Å². The number of phenols is 1. The average molecular weight is 286 g/mol. The SMILES string of the molecule is CC(NCc1cc(F)ccc1O)c1nnc2ccccn12. The van der Waals surface area contributed by atoms with Gasteiger partial charge in [-0.1, -0.05) is 6.07 Å². The summed E-state index contributed by atoms with van der Waals surface area (Å²) in [6.45, 7) is 2.28. The van der Waals surface area contributed by atoms with Gasteiger partial charge in [0.25, 0.3) is 0 Å². The van der Waals surface area contributed by atoms with Gasteiger partial charge in [-0.25, -0.2) is 4.39 Å². The Labute approximate surface area is 121 Å². The maximum Gasteiger partial charge on any atom is 0.160 e. The predicted molar refractivity (Wildman–Crippen MR) is 76.3 cm³/mol. The highest BCUT2D eigenvalue weighted by molar-refractivity contribution is 5.37. The molecule has 0 bridgehead atoms. The zero-order valence-corrected chi connectivity index (χ0v) is 11.5. The fourth-order valence-corrected chi connectivity index (χ4v) is 2.21. The number of fused-ring (bicyclic) bond motifs is 1. The molecule has 5 nitrogen and oxygen atoms in total. The molecular weight excluding hydrogens is 271 g/mol. The van der Waals surface area contributed by atoms with Crippen LogP contribution < -0.4 is 5.32 Å². The molecule has 0 radical (unpaired) electrons. The Balaban J connectivity index is 1.77. The van der Waals surface area contributed by atoms with Gasteiger partial charge in [0.1, 0.15) is 11.6 Å². The van der Waals surface area contributed by atoms with E-state index in [2.05, 4.69) is 15.5 Å². The van der Waals surface area contributed by atoms with Gasteiger partial charge in [0.15, 0.2) is 11.5 Å². The zero-order chi connectivity index (χ0) is 14.8. The van der Waals surface area contributed by atoms with E-state index in [1.54, 1.807) is 0 Å². The molecule has 0 amide bonds. The molecule has 0 aliphatic rings. The van der Waals surface area contributed by atoms with Gasteiger partial charge in [0, 0.05) is 18.3 Å². The van der Waals surface area contributed by atoms with Crippen molar-refractivity contribution >= 4 is 5.65 Å². The summed E-state index contributed by atoms with van der Waals surface area (Å²) in [5, 5.41) is 21.2. The summed E-state index contributed by atoms with van der Waals surface area (Å²) >= 11 is 0. The van der Waals surface area contributed by atoms with Crippen molar-refractivity contribution in [1.82, 2.24) is 19.9 Å². The first-order valence-electron chi connectivity index (χ1n) is 6.65. The van der Waals surface area contributed by atoms with Crippen molar-refractivity contribution in [2.45, 2.75) is 19.5 Å². The smallest absolute Gasteiger partial charge is 0.160 e. The molecule has 0 fully saturated rings. The molecule has 2 aromatic heterocycles. The number of halogens is 1. The van der Waals surface area contributed by atoms with Gasteiger partial charge in [-0.2, -0.15) is 0 Å². The zero-order valence-electron chi connectivity index (χ0n) is 11.5. The highest BCUT2D eigenvalue weighted by Gasteiger charge is 2.13. The van der Waals surface area contributed by atoms with E-state index in [0.717, 1.165) is 11.5 Å². The molecule has 0 spiro atoms. The van der Waals surface area contributed by atoms with Gasteiger partial charge < -0.3 is 10.4 Å². The van der Waals surface area contributed by atoms with Gasteiger partial charge >= 0.3 is 0 Å². The van der Waals surface area contributed by atoms with Crippen LogP contribution in [0.15, 0.2) is 42.6 Å². The van der Waals surface area contributed by atoms with E-state index in [4.69, 9.17) is 0 Å². The minimum Gasteiger partial charge on any atom is -0.508 e. The molecule has 0 saturated heterocycles. The normalized spacial score (nSPS) is 12.7. The monoisotopic (exact) mass is 286 g/mol. The molecule has 0 saturated carbocycles. The number of nitrogens with zero attached hydrogens (tertiary/aromatic N) is 3. The Morgan fingerprint density at radius 3 is 3.00 bits per heavy atom. The third-order valence-electron chi connectivity index (χ3n) is 3.37. The molecule has 3 rings (SSSR count). The van der Waals surface area contributed by atoms with Gasteiger partial charge in [0.2, 0.25) is 0 Å². The Bertz CT molecular complexity index is 771. The number of benzene rings is 1. The van der Waals surface area contributed by atoms with Gasteiger partial charge in [0.05, 0.1) is 6.04 Å².